The van der Waals surface area contributed by atoms with Crippen molar-refractivity contribution in [3.63, 3.8) is 0 Å². The summed E-state index contributed by atoms with van der Waals surface area (Å²) in [4.78, 5) is 25.3. The quantitative estimate of drug-likeness (QED) is 0.0269. The van der Waals surface area contributed by atoms with E-state index in [0.717, 1.165) is 0 Å². The van der Waals surface area contributed by atoms with Crippen LogP contribution < -0.4 is 31.8 Å². The van der Waals surface area contributed by atoms with Crippen molar-refractivity contribution in [2.75, 3.05) is 106 Å². The van der Waals surface area contributed by atoms with Gasteiger partial charge >= 0.3 is 11.9 Å². The highest BCUT2D eigenvalue weighted by Gasteiger charge is 2.19. The van der Waals surface area contributed by atoms with Gasteiger partial charge in [-0.1, -0.05) is 146 Å². The van der Waals surface area contributed by atoms with Gasteiger partial charge in [-0.2, -0.15) is 0 Å². The molecule has 0 saturated heterocycles. The highest BCUT2D eigenvalue weighted by Crippen LogP contribution is 2.33. The van der Waals surface area contributed by atoms with Gasteiger partial charge in [0.1, 0.15) is 13.2 Å². The average molecular weight is 947 g/mol. The van der Waals surface area contributed by atoms with Gasteiger partial charge in [-0.3, -0.25) is 0 Å². The van der Waals surface area contributed by atoms with Gasteiger partial charge in [-0.15, -0.1) is 0 Å². The summed E-state index contributed by atoms with van der Waals surface area (Å²) in [6, 6.07) is 57.2. The van der Waals surface area contributed by atoms with Crippen LogP contribution in [0.4, 0.5) is 0 Å². The molecule has 0 aliphatic carbocycles. The molecule has 352 valence electrons. The lowest BCUT2D eigenvalue weighted by Crippen LogP contribution is -2.21. The summed E-state index contributed by atoms with van der Waals surface area (Å²) < 4.78 is 49.7. The first-order valence-electron chi connectivity index (χ1n) is 22.6. The van der Waals surface area contributed by atoms with E-state index in [0.29, 0.717) is 90.4 Å². The lowest BCUT2D eigenvalue weighted by Gasteiger charge is -2.19. The fraction of sp³-hybridized carbons (Fsp3) is 0.296. The summed E-state index contributed by atoms with van der Waals surface area (Å²) in [6.45, 7) is 6.09. The van der Waals surface area contributed by atoms with Crippen LogP contribution in [0.1, 0.15) is 20.7 Å². The third-order valence-electron chi connectivity index (χ3n) is 9.93. The van der Waals surface area contributed by atoms with E-state index < -0.39 is 15.8 Å². The summed E-state index contributed by atoms with van der Waals surface area (Å²) in [5, 5.41) is 7.34. The predicted octanol–water partition coefficient (Wildman–Crippen LogP) is 6.33. The topological polar surface area (TPSA) is 117 Å². The average Bonchev–Trinajstić information content (AvgIpc) is 3.38. The second-order valence-electron chi connectivity index (χ2n) is 14.7. The van der Waals surface area contributed by atoms with Crippen LogP contribution in [-0.4, -0.2) is 118 Å². The Bertz CT molecular complexity index is 2000. The number of carbonyl (C=O) groups excluding carboxylic acids is 2. The summed E-state index contributed by atoms with van der Waals surface area (Å²) in [5.74, 6) is -0.752. The number of rotatable bonds is 32. The molecule has 0 bridgehead atoms. The van der Waals surface area contributed by atoms with Crippen molar-refractivity contribution in [2.24, 2.45) is 0 Å². The molecule has 0 aliphatic rings. The monoisotopic (exact) mass is 946 g/mol. The second kappa shape index (κ2) is 31.0. The van der Waals surface area contributed by atoms with E-state index in [1.807, 2.05) is 72.8 Å². The Hall–Kier alpha value is -5.16. The van der Waals surface area contributed by atoms with Crippen molar-refractivity contribution in [1.29, 1.82) is 0 Å². The van der Waals surface area contributed by atoms with Gasteiger partial charge < -0.3 is 42.6 Å². The molecule has 6 rings (SSSR count). The molecule has 11 nitrogen and oxygen atoms in total. The SMILES string of the molecule is O=C(OCCOCCOCCOCCOCCOCCOCCOCCOC(=O)c1ccc(P(c2ccccc2)c2ccccc2)cc1)c1ccc(P(c2ccccc2)c2ccccc2)cc1. The molecule has 67 heavy (non-hydrogen) atoms. The van der Waals surface area contributed by atoms with Crippen LogP contribution in [0.5, 0.6) is 0 Å². The molecule has 0 N–H and O–H groups in total. The number of ether oxygens (including phenoxy) is 9. The van der Waals surface area contributed by atoms with E-state index in [1.165, 1.54) is 31.8 Å². The Balaban J connectivity index is 0.677. The molecule has 0 fully saturated rings. The number of benzene rings is 6. The van der Waals surface area contributed by atoms with Crippen LogP contribution in [-0.2, 0) is 42.6 Å². The molecular weight excluding hydrogens is 887 g/mol. The zero-order chi connectivity index (χ0) is 46.4. The van der Waals surface area contributed by atoms with Crippen LogP contribution in [0.25, 0.3) is 0 Å². The molecular formula is C54H60O11P2. The van der Waals surface area contributed by atoms with E-state index in [4.69, 9.17) is 42.6 Å². The Kier molecular flexibility index (Phi) is 23.7. The van der Waals surface area contributed by atoms with Gasteiger partial charge in [-0.25, -0.2) is 9.59 Å². The Morgan fingerprint density at radius 2 is 0.448 bits per heavy atom. The molecule has 6 aromatic rings. The van der Waals surface area contributed by atoms with Gasteiger partial charge in [0, 0.05) is 0 Å². The summed E-state index contributed by atoms with van der Waals surface area (Å²) in [7, 11) is -1.47. The van der Waals surface area contributed by atoms with Gasteiger partial charge in [-0.05, 0) is 71.9 Å². The molecule has 0 spiro atoms. The van der Waals surface area contributed by atoms with Crippen LogP contribution in [0.2, 0.25) is 0 Å². The van der Waals surface area contributed by atoms with Crippen molar-refractivity contribution < 1.29 is 52.2 Å². The molecule has 0 radical (unpaired) electrons. The number of hydrogen-bond acceptors (Lipinski definition) is 11. The predicted molar refractivity (Wildman–Crippen MR) is 267 cm³/mol. The number of esters is 2. The second-order valence-corrected chi connectivity index (χ2v) is 19.1. The van der Waals surface area contributed by atoms with E-state index in [9.17, 15) is 9.59 Å². The van der Waals surface area contributed by atoms with E-state index in [2.05, 4.69) is 97.1 Å². The lowest BCUT2D eigenvalue weighted by molar-refractivity contribution is -0.0236. The number of carbonyl (C=O) groups is 2. The van der Waals surface area contributed by atoms with E-state index in [1.54, 1.807) is 0 Å². The normalized spacial score (nSPS) is 11.3. The van der Waals surface area contributed by atoms with Gasteiger partial charge in [0.05, 0.1) is 104 Å². The molecule has 0 aliphatic heterocycles. The molecule has 13 heteroatoms. The third-order valence-corrected chi connectivity index (χ3v) is 14.8. The van der Waals surface area contributed by atoms with Gasteiger partial charge in [0.25, 0.3) is 0 Å². The molecule has 6 aromatic carbocycles. The minimum atomic E-state index is -0.737. The maximum Gasteiger partial charge on any atom is 0.338 e. The maximum atomic E-state index is 12.6. The van der Waals surface area contributed by atoms with Crippen molar-refractivity contribution in [2.45, 2.75) is 0 Å². The lowest BCUT2D eigenvalue weighted by atomic mass is 10.2. The highest BCUT2D eigenvalue weighted by molar-refractivity contribution is 7.80. The van der Waals surface area contributed by atoms with Crippen molar-refractivity contribution >= 4 is 59.6 Å². The van der Waals surface area contributed by atoms with Crippen LogP contribution >= 0.6 is 15.8 Å². The van der Waals surface area contributed by atoms with Crippen molar-refractivity contribution in [1.82, 2.24) is 0 Å². The summed E-state index contributed by atoms with van der Waals surface area (Å²) in [6.07, 6.45) is 0. The van der Waals surface area contributed by atoms with Gasteiger partial charge in [0.15, 0.2) is 0 Å². The van der Waals surface area contributed by atoms with Crippen LogP contribution in [0.3, 0.4) is 0 Å². The molecule has 0 amide bonds. The first-order valence-corrected chi connectivity index (χ1v) is 25.2. The zero-order valence-corrected chi connectivity index (χ0v) is 39.7. The van der Waals surface area contributed by atoms with Crippen LogP contribution in [0.15, 0.2) is 170 Å². The fourth-order valence-electron chi connectivity index (χ4n) is 6.67. The van der Waals surface area contributed by atoms with Crippen molar-refractivity contribution in [3.8, 4) is 0 Å². The molecule has 0 atom stereocenters. The summed E-state index contributed by atoms with van der Waals surface area (Å²) in [5.41, 5.74) is 1.02. The maximum absolute atomic E-state index is 12.6. The standard InChI is InChI=1S/C54H60O11P2/c55-53(45-21-25-51(26-22-45)66(47-13-5-1-6-14-47)48-15-7-2-8-16-48)64-43-41-62-39-37-60-35-33-58-31-29-57-30-32-59-34-36-61-38-40-63-42-44-65-54(56)46-23-27-52(28-24-46)67(49-17-9-3-10-18-49)50-19-11-4-12-20-50/h1-28H,29-44H2. The van der Waals surface area contributed by atoms with E-state index >= 15 is 0 Å². The fourth-order valence-corrected chi connectivity index (χ4v) is 11.2. The molecule has 0 heterocycles. The summed E-state index contributed by atoms with van der Waals surface area (Å²) >= 11 is 0. The number of hydrogen-bond donors (Lipinski definition) is 0. The molecule has 0 unspecified atom stereocenters. The Labute approximate surface area is 397 Å². The van der Waals surface area contributed by atoms with Crippen molar-refractivity contribution in [3.05, 3.63) is 181 Å². The third kappa shape index (κ3) is 18.5. The first kappa shape index (κ1) is 51.2. The molecule has 0 aromatic heterocycles. The smallest absolute Gasteiger partial charge is 0.338 e. The molecule has 0 saturated carbocycles. The zero-order valence-electron chi connectivity index (χ0n) is 37.9. The van der Waals surface area contributed by atoms with Gasteiger partial charge in [0.2, 0.25) is 0 Å². The minimum Gasteiger partial charge on any atom is -0.460 e. The van der Waals surface area contributed by atoms with Crippen LogP contribution in [0, 0.1) is 0 Å². The highest BCUT2D eigenvalue weighted by atomic mass is 31.1. The Morgan fingerprint density at radius 1 is 0.254 bits per heavy atom. The first-order chi connectivity index (χ1) is 33.2. The Morgan fingerprint density at radius 3 is 0.672 bits per heavy atom. The largest absolute Gasteiger partial charge is 0.460 e. The van der Waals surface area contributed by atoms with E-state index in [-0.39, 0.29) is 38.4 Å². The minimum absolute atomic E-state index is 0.160.